The second kappa shape index (κ2) is 5.63. The Morgan fingerprint density at radius 1 is 1.45 bits per heavy atom. The Labute approximate surface area is 121 Å². The van der Waals surface area contributed by atoms with Gasteiger partial charge < -0.3 is 14.1 Å². The van der Waals surface area contributed by atoms with E-state index >= 15 is 0 Å². The lowest BCUT2D eigenvalue weighted by atomic mass is 10.2. The molecule has 20 heavy (non-hydrogen) atoms. The average Bonchev–Trinajstić information content (AvgIpc) is 3.10. The molecule has 0 N–H and O–H groups in total. The zero-order valence-corrected chi connectivity index (χ0v) is 11.9. The number of rotatable bonds is 4. The van der Waals surface area contributed by atoms with Crippen LogP contribution in [0.5, 0.6) is 5.75 Å². The smallest absolute Gasteiger partial charge is 0.234 e. The molecule has 0 saturated carbocycles. The van der Waals surface area contributed by atoms with E-state index < -0.39 is 0 Å². The first-order valence-electron chi connectivity index (χ1n) is 6.34. The van der Waals surface area contributed by atoms with Crippen LogP contribution in [-0.4, -0.2) is 23.7 Å². The lowest BCUT2D eigenvalue weighted by molar-refractivity contribution is -0.128. The fraction of sp³-hybridized carbons (Fsp3) is 0.267. The Morgan fingerprint density at radius 3 is 3.10 bits per heavy atom. The van der Waals surface area contributed by atoms with Gasteiger partial charge in [0.25, 0.3) is 0 Å². The maximum absolute atomic E-state index is 12.1. The van der Waals surface area contributed by atoms with Crippen LogP contribution in [-0.2, 0) is 11.3 Å². The summed E-state index contributed by atoms with van der Waals surface area (Å²) < 4.78 is 10.3. The SMILES string of the molecule is COc1cccc(CN2C(=O)CSC2c2ccoc2)c1. The zero-order valence-electron chi connectivity index (χ0n) is 11.1. The predicted molar refractivity (Wildman–Crippen MR) is 77.5 cm³/mol. The first-order chi connectivity index (χ1) is 9.78. The second-order valence-corrected chi connectivity index (χ2v) is 5.66. The Hall–Kier alpha value is -1.88. The lowest BCUT2D eigenvalue weighted by Gasteiger charge is -2.23. The van der Waals surface area contributed by atoms with E-state index in [9.17, 15) is 4.79 Å². The van der Waals surface area contributed by atoms with E-state index in [-0.39, 0.29) is 11.3 Å². The summed E-state index contributed by atoms with van der Waals surface area (Å²) in [6, 6.07) is 9.72. The number of thioether (sulfide) groups is 1. The van der Waals surface area contributed by atoms with Crippen molar-refractivity contribution in [1.82, 2.24) is 4.90 Å². The number of furan rings is 1. The molecule has 2 aromatic rings. The van der Waals surface area contributed by atoms with Crippen LogP contribution in [0, 0.1) is 0 Å². The summed E-state index contributed by atoms with van der Waals surface area (Å²) in [5.74, 6) is 1.48. The molecule has 0 radical (unpaired) electrons. The van der Waals surface area contributed by atoms with Crippen LogP contribution in [0.4, 0.5) is 0 Å². The first-order valence-corrected chi connectivity index (χ1v) is 7.39. The summed E-state index contributed by atoms with van der Waals surface area (Å²) in [7, 11) is 1.64. The average molecular weight is 289 g/mol. The summed E-state index contributed by atoms with van der Waals surface area (Å²) in [5.41, 5.74) is 2.09. The monoisotopic (exact) mass is 289 g/mol. The number of carbonyl (C=O) groups excluding carboxylic acids is 1. The highest BCUT2D eigenvalue weighted by Crippen LogP contribution is 2.39. The van der Waals surface area contributed by atoms with Crippen molar-refractivity contribution >= 4 is 17.7 Å². The molecule has 0 aliphatic carbocycles. The van der Waals surface area contributed by atoms with Crippen LogP contribution in [0.25, 0.3) is 0 Å². The van der Waals surface area contributed by atoms with Crippen LogP contribution in [0.1, 0.15) is 16.5 Å². The van der Waals surface area contributed by atoms with Crippen molar-refractivity contribution in [3.8, 4) is 5.75 Å². The Bertz CT molecular complexity index is 597. The standard InChI is InChI=1S/C15H15NO3S/c1-18-13-4-2-3-11(7-13)8-16-14(17)10-20-15(16)12-5-6-19-9-12/h2-7,9,15H,8,10H2,1H3. The van der Waals surface area contributed by atoms with E-state index in [2.05, 4.69) is 0 Å². The highest BCUT2D eigenvalue weighted by molar-refractivity contribution is 8.00. The molecule has 1 unspecified atom stereocenters. The normalized spacial score (nSPS) is 18.6. The summed E-state index contributed by atoms with van der Waals surface area (Å²) >= 11 is 1.63. The number of nitrogens with zero attached hydrogens (tertiary/aromatic N) is 1. The third-order valence-electron chi connectivity index (χ3n) is 3.28. The van der Waals surface area contributed by atoms with Gasteiger partial charge in [0.2, 0.25) is 5.91 Å². The Morgan fingerprint density at radius 2 is 2.35 bits per heavy atom. The second-order valence-electron chi connectivity index (χ2n) is 4.59. The van der Waals surface area contributed by atoms with Crippen LogP contribution in [0.3, 0.4) is 0 Å². The molecule has 0 spiro atoms. The van der Waals surface area contributed by atoms with Gasteiger partial charge in [0.15, 0.2) is 0 Å². The zero-order chi connectivity index (χ0) is 13.9. The number of hydrogen-bond donors (Lipinski definition) is 0. The van der Waals surface area contributed by atoms with Crippen molar-refractivity contribution in [3.63, 3.8) is 0 Å². The van der Waals surface area contributed by atoms with Gasteiger partial charge in [-0.05, 0) is 23.8 Å². The van der Waals surface area contributed by atoms with Crippen LogP contribution in [0.2, 0.25) is 0 Å². The van der Waals surface area contributed by atoms with Gasteiger partial charge in [-0.1, -0.05) is 12.1 Å². The molecule has 3 rings (SSSR count). The minimum Gasteiger partial charge on any atom is -0.497 e. The Balaban J connectivity index is 1.81. The molecule has 1 aliphatic heterocycles. The summed E-state index contributed by atoms with van der Waals surface area (Å²) in [6.45, 7) is 0.582. The van der Waals surface area contributed by atoms with Gasteiger partial charge in [-0.15, -0.1) is 11.8 Å². The minimum atomic E-state index is 0.0347. The van der Waals surface area contributed by atoms with Crippen molar-refractivity contribution < 1.29 is 13.9 Å². The topological polar surface area (TPSA) is 42.7 Å². The fourth-order valence-electron chi connectivity index (χ4n) is 2.28. The van der Waals surface area contributed by atoms with Crippen LogP contribution >= 0.6 is 11.8 Å². The van der Waals surface area contributed by atoms with E-state index in [4.69, 9.17) is 9.15 Å². The third-order valence-corrected chi connectivity index (χ3v) is 4.54. The Kier molecular flexibility index (Phi) is 3.69. The molecule has 0 bridgehead atoms. The van der Waals surface area contributed by atoms with Gasteiger partial charge >= 0.3 is 0 Å². The van der Waals surface area contributed by atoms with Crippen molar-refractivity contribution in [2.45, 2.75) is 11.9 Å². The van der Waals surface area contributed by atoms with Crippen LogP contribution < -0.4 is 4.74 Å². The van der Waals surface area contributed by atoms with Gasteiger partial charge in [-0.2, -0.15) is 0 Å². The van der Waals surface area contributed by atoms with E-state index in [1.165, 1.54) is 0 Å². The van der Waals surface area contributed by atoms with Crippen LogP contribution in [0.15, 0.2) is 47.3 Å². The molecule has 1 aromatic heterocycles. The quantitative estimate of drug-likeness (QED) is 0.867. The number of hydrogen-bond acceptors (Lipinski definition) is 4. The first kappa shape index (κ1) is 13.1. The van der Waals surface area contributed by atoms with E-state index in [1.54, 1.807) is 31.4 Å². The summed E-state index contributed by atoms with van der Waals surface area (Å²) in [5, 5.41) is 0.0347. The number of ether oxygens (including phenoxy) is 1. The maximum Gasteiger partial charge on any atom is 0.234 e. The summed E-state index contributed by atoms with van der Waals surface area (Å²) in [6.07, 6.45) is 3.34. The molecule has 1 aromatic carbocycles. The molecule has 104 valence electrons. The minimum absolute atomic E-state index is 0.0347. The highest BCUT2D eigenvalue weighted by atomic mass is 32.2. The maximum atomic E-state index is 12.1. The number of carbonyl (C=O) groups is 1. The van der Waals surface area contributed by atoms with Gasteiger partial charge in [-0.25, -0.2) is 0 Å². The van der Waals surface area contributed by atoms with E-state index in [1.807, 2.05) is 35.2 Å². The molecular weight excluding hydrogens is 274 g/mol. The largest absolute Gasteiger partial charge is 0.497 e. The molecule has 1 saturated heterocycles. The van der Waals surface area contributed by atoms with Crippen molar-refractivity contribution in [1.29, 1.82) is 0 Å². The molecule has 1 fully saturated rings. The number of amides is 1. The van der Waals surface area contributed by atoms with Crippen molar-refractivity contribution in [2.75, 3.05) is 12.9 Å². The molecule has 2 heterocycles. The van der Waals surface area contributed by atoms with Gasteiger partial charge in [0.1, 0.15) is 11.1 Å². The van der Waals surface area contributed by atoms with Gasteiger partial charge in [0, 0.05) is 12.1 Å². The lowest BCUT2D eigenvalue weighted by Crippen LogP contribution is -2.27. The van der Waals surface area contributed by atoms with Crippen molar-refractivity contribution in [3.05, 3.63) is 54.0 Å². The van der Waals surface area contributed by atoms with Gasteiger partial charge in [0.05, 0.1) is 25.4 Å². The van der Waals surface area contributed by atoms with Crippen molar-refractivity contribution in [2.24, 2.45) is 0 Å². The summed E-state index contributed by atoms with van der Waals surface area (Å²) in [4.78, 5) is 14.0. The molecule has 5 heteroatoms. The predicted octanol–water partition coefficient (Wildman–Crippen LogP) is 3.06. The highest BCUT2D eigenvalue weighted by Gasteiger charge is 2.33. The molecular formula is C15H15NO3S. The van der Waals surface area contributed by atoms with E-state index in [0.717, 1.165) is 16.9 Å². The van der Waals surface area contributed by atoms with Gasteiger partial charge in [-0.3, -0.25) is 4.79 Å². The molecule has 1 amide bonds. The number of benzene rings is 1. The van der Waals surface area contributed by atoms with E-state index in [0.29, 0.717) is 12.3 Å². The molecule has 1 aliphatic rings. The third kappa shape index (κ3) is 2.54. The number of methoxy groups -OCH3 is 1. The fourth-order valence-corrected chi connectivity index (χ4v) is 3.45. The molecule has 4 nitrogen and oxygen atoms in total. The molecule has 1 atom stereocenters.